The average molecular weight is 467 g/mol. The Labute approximate surface area is 193 Å². The van der Waals surface area contributed by atoms with Gasteiger partial charge in [0.05, 0.1) is 6.26 Å². The Kier molecular flexibility index (Phi) is 7.63. The fourth-order valence-electron chi connectivity index (χ4n) is 3.82. The molecule has 3 N–H and O–H groups in total. The van der Waals surface area contributed by atoms with Gasteiger partial charge >= 0.3 is 5.97 Å². The normalized spacial score (nSPS) is 12.6. The summed E-state index contributed by atoms with van der Waals surface area (Å²) in [5, 5.41) is 12.5. The number of aliphatic carboxylic acids is 1. The van der Waals surface area contributed by atoms with Gasteiger partial charge in [-0.15, -0.1) is 0 Å². The molecule has 0 aliphatic carbocycles. The maximum absolute atomic E-state index is 13.2. The second-order valence-corrected chi connectivity index (χ2v) is 9.50. The van der Waals surface area contributed by atoms with Crippen LogP contribution in [0.2, 0.25) is 0 Å². The lowest BCUT2D eigenvalue weighted by Gasteiger charge is -2.37. The van der Waals surface area contributed by atoms with E-state index in [1.165, 1.54) is 0 Å². The third-order valence-corrected chi connectivity index (χ3v) is 5.97. The summed E-state index contributed by atoms with van der Waals surface area (Å²) < 4.78 is 25.1. The van der Waals surface area contributed by atoms with Gasteiger partial charge in [-0.3, -0.25) is 9.59 Å². The predicted octanol–water partition coefficient (Wildman–Crippen LogP) is 2.88. The highest BCUT2D eigenvalue weighted by molar-refractivity contribution is 7.88. The molecule has 0 aliphatic rings. The smallest absolute Gasteiger partial charge is 0.321 e. The molecule has 33 heavy (non-hydrogen) atoms. The van der Waals surface area contributed by atoms with E-state index in [9.17, 15) is 23.1 Å². The van der Waals surface area contributed by atoms with Crippen molar-refractivity contribution >= 4 is 21.9 Å². The van der Waals surface area contributed by atoms with Crippen molar-refractivity contribution in [2.75, 3.05) is 6.26 Å². The van der Waals surface area contributed by atoms with Gasteiger partial charge in [0.25, 0.3) is 0 Å². The number of rotatable bonds is 10. The summed E-state index contributed by atoms with van der Waals surface area (Å²) >= 11 is 0. The minimum atomic E-state index is -3.74. The number of sulfonamides is 1. The van der Waals surface area contributed by atoms with E-state index < -0.39 is 33.5 Å². The molecule has 0 unspecified atom stereocenters. The van der Waals surface area contributed by atoms with E-state index in [0.29, 0.717) is 0 Å². The highest BCUT2D eigenvalue weighted by atomic mass is 32.2. The largest absolute Gasteiger partial charge is 0.480 e. The van der Waals surface area contributed by atoms with Crippen LogP contribution >= 0.6 is 0 Å². The third kappa shape index (κ3) is 6.06. The molecule has 0 saturated carbocycles. The summed E-state index contributed by atoms with van der Waals surface area (Å²) in [4.78, 5) is 24.7. The Bertz CT molecular complexity index is 1090. The molecule has 1 atom stereocenters. The average Bonchev–Trinajstić information content (AvgIpc) is 2.81. The number of carboxylic acids is 1. The number of amides is 1. The van der Waals surface area contributed by atoms with Crippen LogP contribution in [-0.4, -0.2) is 37.7 Å². The third-order valence-electron chi connectivity index (χ3n) is 5.26. The van der Waals surface area contributed by atoms with Crippen LogP contribution < -0.4 is 10.0 Å². The molecule has 0 heterocycles. The maximum atomic E-state index is 13.2. The Morgan fingerprint density at radius 1 is 0.818 bits per heavy atom. The Morgan fingerprint density at radius 3 is 1.55 bits per heavy atom. The molecule has 0 fully saturated rings. The van der Waals surface area contributed by atoms with Gasteiger partial charge in [-0.2, -0.15) is 0 Å². The number of hydrogen-bond donors (Lipinski definition) is 3. The van der Waals surface area contributed by atoms with E-state index in [1.54, 1.807) is 0 Å². The van der Waals surface area contributed by atoms with Crippen molar-refractivity contribution in [3.05, 3.63) is 108 Å². The molecule has 0 aromatic heterocycles. The summed E-state index contributed by atoms with van der Waals surface area (Å²) in [5.41, 5.74) is 1.48. The fraction of sp³-hybridized carbons (Fsp3) is 0.200. The number of carboxylic acid groups (broad SMARTS) is 1. The molecule has 0 radical (unpaired) electrons. The number of benzene rings is 3. The minimum absolute atomic E-state index is 0.187. The fourth-order valence-corrected chi connectivity index (χ4v) is 4.55. The molecular weight excluding hydrogens is 440 g/mol. The topological polar surface area (TPSA) is 113 Å². The molecule has 0 bridgehead atoms. The molecule has 1 amide bonds. The summed E-state index contributed by atoms with van der Waals surface area (Å²) in [6, 6.07) is 27.1. The predicted molar refractivity (Wildman–Crippen MR) is 126 cm³/mol. The van der Waals surface area contributed by atoms with Crippen LogP contribution in [-0.2, 0) is 25.2 Å². The first-order valence-corrected chi connectivity index (χ1v) is 12.3. The number of carbonyl (C=O) groups is 2. The van der Waals surface area contributed by atoms with E-state index in [2.05, 4.69) is 10.0 Å². The van der Waals surface area contributed by atoms with E-state index in [1.807, 2.05) is 91.0 Å². The summed E-state index contributed by atoms with van der Waals surface area (Å²) in [5.74, 6) is -1.75. The van der Waals surface area contributed by atoms with Crippen LogP contribution in [0.25, 0.3) is 0 Å². The molecule has 3 rings (SSSR count). The van der Waals surface area contributed by atoms with Crippen molar-refractivity contribution in [2.24, 2.45) is 0 Å². The lowest BCUT2D eigenvalue weighted by molar-refractivity contribution is -0.139. The standard InChI is InChI=1S/C25H26N2O5S/c1-33(31,32)27-22(24(29)30)17-18-23(28)26-25(19-11-5-2-6-12-19,20-13-7-3-8-14-20)21-15-9-4-10-16-21/h2-16,22,27H,17-18H2,1H3,(H,26,28)(H,29,30)/t22-/m0/s1. The van der Waals surface area contributed by atoms with Crippen molar-refractivity contribution in [3.8, 4) is 0 Å². The molecule has 0 spiro atoms. The quantitative estimate of drug-likeness (QED) is 0.398. The zero-order chi connectivity index (χ0) is 23.9. The first-order chi connectivity index (χ1) is 15.7. The Balaban J connectivity index is 2.00. The zero-order valence-corrected chi connectivity index (χ0v) is 19.0. The van der Waals surface area contributed by atoms with Crippen molar-refractivity contribution in [1.82, 2.24) is 10.0 Å². The molecule has 3 aromatic rings. The lowest BCUT2D eigenvalue weighted by Crippen LogP contribution is -2.48. The second kappa shape index (κ2) is 10.4. The van der Waals surface area contributed by atoms with Gasteiger partial charge in [0.2, 0.25) is 15.9 Å². The van der Waals surface area contributed by atoms with Crippen LogP contribution in [0.4, 0.5) is 0 Å². The van der Waals surface area contributed by atoms with Gasteiger partial charge in [-0.1, -0.05) is 91.0 Å². The van der Waals surface area contributed by atoms with Crippen molar-refractivity contribution in [2.45, 2.75) is 24.4 Å². The van der Waals surface area contributed by atoms with Crippen LogP contribution in [0.15, 0.2) is 91.0 Å². The van der Waals surface area contributed by atoms with E-state index in [4.69, 9.17) is 0 Å². The Morgan fingerprint density at radius 2 is 1.21 bits per heavy atom. The molecular formula is C25H26N2O5S. The molecule has 3 aromatic carbocycles. The number of nitrogens with one attached hydrogen (secondary N) is 2. The van der Waals surface area contributed by atoms with Crippen LogP contribution in [0.1, 0.15) is 29.5 Å². The first kappa shape index (κ1) is 24.2. The minimum Gasteiger partial charge on any atom is -0.480 e. The highest BCUT2D eigenvalue weighted by Crippen LogP contribution is 2.36. The van der Waals surface area contributed by atoms with Gasteiger partial charge in [0, 0.05) is 6.42 Å². The SMILES string of the molecule is CS(=O)(=O)N[C@@H](CCC(=O)NC(c1ccccc1)(c1ccccc1)c1ccccc1)C(=O)O. The molecule has 0 aliphatic heterocycles. The zero-order valence-electron chi connectivity index (χ0n) is 18.1. The maximum Gasteiger partial charge on any atom is 0.321 e. The Hall–Kier alpha value is -3.49. The van der Waals surface area contributed by atoms with Gasteiger partial charge in [0.15, 0.2) is 0 Å². The summed E-state index contributed by atoms with van der Waals surface area (Å²) in [6.45, 7) is 0. The molecule has 7 nitrogen and oxygen atoms in total. The van der Waals surface area contributed by atoms with E-state index >= 15 is 0 Å². The summed E-state index contributed by atoms with van der Waals surface area (Å²) in [7, 11) is -3.74. The van der Waals surface area contributed by atoms with Crippen molar-refractivity contribution < 1.29 is 23.1 Å². The van der Waals surface area contributed by atoms with Gasteiger partial charge in [-0.05, 0) is 23.1 Å². The number of carbonyl (C=O) groups excluding carboxylic acids is 1. The van der Waals surface area contributed by atoms with Crippen molar-refractivity contribution in [3.63, 3.8) is 0 Å². The number of hydrogen-bond acceptors (Lipinski definition) is 4. The first-order valence-electron chi connectivity index (χ1n) is 10.4. The van der Waals surface area contributed by atoms with Gasteiger partial charge in [0.1, 0.15) is 11.6 Å². The highest BCUT2D eigenvalue weighted by Gasteiger charge is 2.38. The van der Waals surface area contributed by atoms with Crippen LogP contribution in [0.3, 0.4) is 0 Å². The monoisotopic (exact) mass is 466 g/mol. The van der Waals surface area contributed by atoms with Gasteiger partial charge < -0.3 is 10.4 Å². The van der Waals surface area contributed by atoms with Crippen LogP contribution in [0, 0.1) is 0 Å². The lowest BCUT2D eigenvalue weighted by atomic mass is 9.77. The molecule has 8 heteroatoms. The summed E-state index contributed by atoms with van der Waals surface area (Å²) in [6.07, 6.45) is 0.505. The molecule has 172 valence electrons. The van der Waals surface area contributed by atoms with E-state index in [-0.39, 0.29) is 12.8 Å². The van der Waals surface area contributed by atoms with Crippen molar-refractivity contribution in [1.29, 1.82) is 0 Å². The van der Waals surface area contributed by atoms with Gasteiger partial charge in [-0.25, -0.2) is 13.1 Å². The second-order valence-electron chi connectivity index (χ2n) is 7.72. The van der Waals surface area contributed by atoms with E-state index in [0.717, 1.165) is 22.9 Å². The van der Waals surface area contributed by atoms with Crippen LogP contribution in [0.5, 0.6) is 0 Å². The molecule has 0 saturated heterocycles.